The molecular weight excluding hydrogens is 739 g/mol. The van der Waals surface area contributed by atoms with Gasteiger partial charge in [0.2, 0.25) is 11.8 Å². The average molecular weight is 784 g/mol. The smallest absolute Gasteiger partial charge is 0.407 e. The summed E-state index contributed by atoms with van der Waals surface area (Å²) in [7, 11) is 1.31. The minimum Gasteiger partial charge on any atom is -0.453 e. The standard InChI is InChI=1S/C48H45N7O4/c1-59-48(58)53-38-24-20-35-21-25-42(55(35)46(38)56)45-50-37-23-19-34(28-40(37)52-45)30-16-14-29(15-17-30)33-18-22-36-39(27-33)51-44(49-36)41-13-8-26-54(41)47(57)43(31-9-4-2-5-10-31)32-11-6-3-7-12-32/h2-7,9-12,14-19,22-23,27-28,35,38,41-43H,8,13,20-21,24-26H2,1H3,(H,49,51)(H,50,52)(H,53,58)/t35-,38-,41-,42-/m0/s1. The van der Waals surface area contributed by atoms with Crippen molar-refractivity contribution in [1.82, 2.24) is 35.1 Å². The number of H-pyrrole nitrogens is 2. The highest BCUT2D eigenvalue weighted by Crippen LogP contribution is 2.41. The number of hydrogen-bond donors (Lipinski definition) is 3. The second-order valence-electron chi connectivity index (χ2n) is 16.0. The van der Waals surface area contributed by atoms with Crippen LogP contribution in [-0.2, 0) is 14.3 Å². The van der Waals surface area contributed by atoms with Gasteiger partial charge in [-0.3, -0.25) is 9.59 Å². The SMILES string of the molecule is COC(=O)N[C@H]1CC[C@H]2CC[C@@H](c3nc4ccc(-c5ccc(-c6ccc7nc([C@@H]8CCCN8C(=O)C(c8ccccc8)c8ccccc8)[nH]c7c6)cc5)cc4[nH]3)N2C1=O. The molecule has 10 rings (SSSR count). The van der Waals surface area contributed by atoms with Crippen LogP contribution in [0.5, 0.6) is 0 Å². The van der Waals surface area contributed by atoms with E-state index in [0.29, 0.717) is 13.0 Å². The third-order valence-corrected chi connectivity index (χ3v) is 12.6. The molecule has 11 nitrogen and oxygen atoms in total. The number of aromatic amines is 2. The maximum atomic E-state index is 14.4. The van der Waals surface area contributed by atoms with Crippen LogP contribution in [0.15, 0.2) is 121 Å². The number of ether oxygens (including phenoxy) is 1. The summed E-state index contributed by atoms with van der Waals surface area (Å²) in [6, 6.07) is 40.5. The molecule has 0 aliphatic carbocycles. The quantitative estimate of drug-likeness (QED) is 0.141. The molecule has 11 heteroatoms. The molecule has 7 aromatic rings. The van der Waals surface area contributed by atoms with Crippen molar-refractivity contribution >= 4 is 40.0 Å². The Hall–Kier alpha value is -6.75. The first-order chi connectivity index (χ1) is 28.9. The summed E-state index contributed by atoms with van der Waals surface area (Å²) in [5, 5.41) is 2.71. The summed E-state index contributed by atoms with van der Waals surface area (Å²) in [4.78, 5) is 60.8. The molecular formula is C48H45N7O4. The minimum absolute atomic E-state index is 0.0776. The van der Waals surface area contributed by atoms with Gasteiger partial charge < -0.3 is 29.8 Å². The number of imidazole rings is 2. The summed E-state index contributed by atoms with van der Waals surface area (Å²) < 4.78 is 4.75. The Kier molecular flexibility index (Phi) is 9.43. The van der Waals surface area contributed by atoms with Gasteiger partial charge in [0.25, 0.3) is 0 Å². The number of fused-ring (bicyclic) bond motifs is 3. The van der Waals surface area contributed by atoms with Crippen molar-refractivity contribution in [1.29, 1.82) is 0 Å². The van der Waals surface area contributed by atoms with Gasteiger partial charge in [0.1, 0.15) is 17.7 Å². The van der Waals surface area contributed by atoms with Crippen LogP contribution in [0, 0.1) is 0 Å². The van der Waals surface area contributed by atoms with Gasteiger partial charge >= 0.3 is 6.09 Å². The first kappa shape index (κ1) is 36.6. The summed E-state index contributed by atoms with van der Waals surface area (Å²) in [5.74, 6) is 1.24. The predicted octanol–water partition coefficient (Wildman–Crippen LogP) is 8.82. The Morgan fingerprint density at radius 3 is 1.80 bits per heavy atom. The summed E-state index contributed by atoms with van der Waals surface area (Å²) >= 11 is 0. The van der Waals surface area contributed by atoms with E-state index < -0.39 is 12.1 Å². The molecule has 3 saturated heterocycles. The minimum atomic E-state index is -0.589. The number of likely N-dealkylation sites (tertiary alicyclic amines) is 1. The van der Waals surface area contributed by atoms with E-state index in [-0.39, 0.29) is 35.9 Å². The maximum Gasteiger partial charge on any atom is 0.407 e. The molecule has 5 heterocycles. The van der Waals surface area contributed by atoms with Crippen LogP contribution in [0.2, 0.25) is 0 Å². The number of carbonyl (C=O) groups excluding carboxylic acids is 3. The van der Waals surface area contributed by atoms with Gasteiger partial charge in [0, 0.05) is 12.6 Å². The zero-order valence-electron chi connectivity index (χ0n) is 32.8. The highest BCUT2D eigenvalue weighted by molar-refractivity contribution is 5.89. The number of aromatic nitrogens is 4. The molecule has 3 aliphatic heterocycles. The van der Waals surface area contributed by atoms with E-state index in [1.54, 1.807) is 0 Å². The fourth-order valence-corrected chi connectivity index (χ4v) is 9.60. The first-order valence-electron chi connectivity index (χ1n) is 20.6. The number of amides is 3. The highest BCUT2D eigenvalue weighted by Gasteiger charge is 2.45. The summed E-state index contributed by atoms with van der Waals surface area (Å²) in [6.07, 6.45) is 4.37. The van der Waals surface area contributed by atoms with Crippen molar-refractivity contribution in [3.8, 4) is 22.3 Å². The topological polar surface area (TPSA) is 136 Å². The van der Waals surface area contributed by atoms with Crippen LogP contribution in [0.4, 0.5) is 4.79 Å². The van der Waals surface area contributed by atoms with E-state index in [4.69, 9.17) is 14.7 Å². The average Bonchev–Trinajstić information content (AvgIpc) is 4.10. The fourth-order valence-electron chi connectivity index (χ4n) is 9.60. The third-order valence-electron chi connectivity index (χ3n) is 12.6. The molecule has 59 heavy (non-hydrogen) atoms. The van der Waals surface area contributed by atoms with Crippen molar-refractivity contribution in [3.63, 3.8) is 0 Å². The number of rotatable bonds is 8. The van der Waals surface area contributed by atoms with Crippen LogP contribution in [0.25, 0.3) is 44.3 Å². The maximum absolute atomic E-state index is 14.4. The number of nitrogens with zero attached hydrogens (tertiary/aromatic N) is 4. The van der Waals surface area contributed by atoms with Gasteiger partial charge in [-0.15, -0.1) is 0 Å². The lowest BCUT2D eigenvalue weighted by Gasteiger charge is -2.37. The van der Waals surface area contributed by atoms with Gasteiger partial charge in [-0.25, -0.2) is 14.8 Å². The molecule has 3 aliphatic rings. The van der Waals surface area contributed by atoms with Crippen LogP contribution in [-0.4, -0.2) is 73.4 Å². The molecule has 5 aromatic carbocycles. The van der Waals surface area contributed by atoms with E-state index in [2.05, 4.69) is 69.9 Å². The van der Waals surface area contributed by atoms with Crippen LogP contribution in [0.1, 0.15) is 79.3 Å². The highest BCUT2D eigenvalue weighted by atomic mass is 16.5. The van der Waals surface area contributed by atoms with E-state index in [0.717, 1.165) is 99.2 Å². The molecule has 296 valence electrons. The van der Waals surface area contributed by atoms with Crippen molar-refractivity contribution in [2.24, 2.45) is 0 Å². The Bertz CT molecular complexity index is 2640. The second-order valence-corrected chi connectivity index (χ2v) is 16.0. The largest absolute Gasteiger partial charge is 0.453 e. The Labute approximate surface area is 341 Å². The second kappa shape index (κ2) is 15.2. The van der Waals surface area contributed by atoms with Gasteiger partial charge in [-0.05, 0) is 96.2 Å². The number of carbonyl (C=O) groups is 3. The zero-order chi connectivity index (χ0) is 40.0. The van der Waals surface area contributed by atoms with Gasteiger partial charge in [-0.2, -0.15) is 0 Å². The van der Waals surface area contributed by atoms with E-state index in [1.165, 1.54) is 7.11 Å². The van der Waals surface area contributed by atoms with Crippen LogP contribution in [0.3, 0.4) is 0 Å². The molecule has 0 saturated carbocycles. The number of benzene rings is 5. The zero-order valence-corrected chi connectivity index (χ0v) is 32.8. The molecule has 3 N–H and O–H groups in total. The monoisotopic (exact) mass is 783 g/mol. The number of nitrogens with one attached hydrogen (secondary N) is 3. The molecule has 3 amide bonds. The molecule has 0 unspecified atom stereocenters. The van der Waals surface area contributed by atoms with E-state index >= 15 is 0 Å². The number of hydrogen-bond acceptors (Lipinski definition) is 6. The van der Waals surface area contributed by atoms with Crippen molar-refractivity contribution < 1.29 is 19.1 Å². The predicted molar refractivity (Wildman–Crippen MR) is 226 cm³/mol. The van der Waals surface area contributed by atoms with Crippen molar-refractivity contribution in [2.75, 3.05) is 13.7 Å². The fraction of sp³-hybridized carbons (Fsp3) is 0.271. The Morgan fingerprint density at radius 1 is 0.678 bits per heavy atom. The molecule has 0 radical (unpaired) electrons. The molecule has 3 fully saturated rings. The van der Waals surface area contributed by atoms with Crippen molar-refractivity contribution in [3.05, 3.63) is 144 Å². The van der Waals surface area contributed by atoms with Gasteiger partial charge in [0.15, 0.2) is 0 Å². The van der Waals surface area contributed by atoms with Gasteiger partial charge in [-0.1, -0.05) is 97.1 Å². The van der Waals surface area contributed by atoms with Gasteiger partial charge in [0.05, 0.1) is 47.2 Å². The van der Waals surface area contributed by atoms with Crippen LogP contribution >= 0.6 is 0 Å². The van der Waals surface area contributed by atoms with E-state index in [9.17, 15) is 14.4 Å². The Morgan fingerprint density at radius 2 is 1.22 bits per heavy atom. The van der Waals surface area contributed by atoms with E-state index in [1.807, 2.05) is 76.5 Å². The number of methoxy groups -OCH3 is 1. The lowest BCUT2D eigenvalue weighted by molar-refractivity contribution is -0.139. The van der Waals surface area contributed by atoms with Crippen LogP contribution < -0.4 is 5.32 Å². The molecule has 0 spiro atoms. The number of piperidine rings is 1. The summed E-state index contributed by atoms with van der Waals surface area (Å²) in [5.41, 5.74) is 9.87. The Balaban J connectivity index is 0.860. The normalized spacial score (nSPS) is 20.4. The molecule has 0 bridgehead atoms. The third kappa shape index (κ3) is 6.80. The van der Waals surface area contributed by atoms with Crippen molar-refractivity contribution in [2.45, 2.75) is 68.6 Å². The first-order valence-corrected chi connectivity index (χ1v) is 20.6. The number of alkyl carbamates (subject to hydrolysis) is 1. The summed E-state index contributed by atoms with van der Waals surface area (Å²) in [6.45, 7) is 0.696. The lowest BCUT2D eigenvalue weighted by Crippen LogP contribution is -2.54. The molecule has 4 atom stereocenters. The lowest BCUT2D eigenvalue weighted by atomic mass is 9.90. The molecule has 2 aromatic heterocycles.